The summed E-state index contributed by atoms with van der Waals surface area (Å²) in [5.41, 5.74) is 3.15. The number of thiazole rings is 1. The maximum Gasteiger partial charge on any atom is 0.321 e. The van der Waals surface area contributed by atoms with Gasteiger partial charge < -0.3 is 5.32 Å². The largest absolute Gasteiger partial charge is 0.336 e. The normalized spacial score (nSPS) is 12.0. The summed E-state index contributed by atoms with van der Waals surface area (Å²) < 4.78 is 0.803. The maximum atomic E-state index is 12.0. The molecule has 128 valence electrons. The van der Waals surface area contributed by atoms with Crippen molar-refractivity contribution in [2.24, 2.45) is 0 Å². The molecular weight excluding hydrogens is 342 g/mol. The van der Waals surface area contributed by atoms with Gasteiger partial charge in [-0.2, -0.15) is 0 Å². The number of hydrogen-bond acceptors (Lipinski definition) is 5. The van der Waals surface area contributed by atoms with Crippen LogP contribution in [0.1, 0.15) is 26.3 Å². The van der Waals surface area contributed by atoms with Crippen LogP contribution in [0.15, 0.2) is 34.0 Å². The molecule has 5 nitrogen and oxygen atoms in total. The highest BCUT2D eigenvalue weighted by molar-refractivity contribution is 8.02. The highest BCUT2D eigenvalue weighted by atomic mass is 32.2. The number of carbonyl (C=O) groups excluding carboxylic acids is 2. The zero-order valence-corrected chi connectivity index (χ0v) is 15.8. The average Bonchev–Trinajstić information content (AvgIpc) is 2.95. The van der Waals surface area contributed by atoms with Gasteiger partial charge in [-0.15, -0.1) is 11.3 Å². The van der Waals surface area contributed by atoms with E-state index in [0.29, 0.717) is 0 Å². The van der Waals surface area contributed by atoms with Crippen molar-refractivity contribution in [1.82, 2.24) is 15.6 Å². The monoisotopic (exact) mass is 363 g/mol. The highest BCUT2D eigenvalue weighted by Gasteiger charge is 2.19. The van der Waals surface area contributed by atoms with Crippen molar-refractivity contribution in [3.63, 3.8) is 0 Å². The molecule has 1 heterocycles. The van der Waals surface area contributed by atoms with E-state index in [9.17, 15) is 9.59 Å². The van der Waals surface area contributed by atoms with Crippen molar-refractivity contribution in [1.29, 1.82) is 0 Å². The zero-order valence-electron chi connectivity index (χ0n) is 14.1. The van der Waals surface area contributed by atoms with E-state index < -0.39 is 11.3 Å². The number of aromatic nitrogens is 1. The lowest BCUT2D eigenvalue weighted by Gasteiger charge is -2.12. The number of rotatable bonds is 5. The van der Waals surface area contributed by atoms with E-state index in [1.165, 1.54) is 28.7 Å². The van der Waals surface area contributed by atoms with Crippen molar-refractivity contribution in [2.75, 3.05) is 0 Å². The zero-order chi connectivity index (χ0) is 17.7. The number of thioether (sulfide) groups is 1. The van der Waals surface area contributed by atoms with Gasteiger partial charge in [0.25, 0.3) is 0 Å². The van der Waals surface area contributed by atoms with Crippen LogP contribution in [0.3, 0.4) is 0 Å². The fourth-order valence-electron chi connectivity index (χ4n) is 1.88. The minimum absolute atomic E-state index is 0.0169. The summed E-state index contributed by atoms with van der Waals surface area (Å²) in [5.74, 6) is -0.328. The van der Waals surface area contributed by atoms with Crippen LogP contribution in [0.2, 0.25) is 0 Å². The number of amides is 3. The smallest absolute Gasteiger partial charge is 0.321 e. The summed E-state index contributed by atoms with van der Waals surface area (Å²) in [6, 6.07) is 7.67. The quantitative estimate of drug-likeness (QED) is 0.792. The van der Waals surface area contributed by atoms with Gasteiger partial charge in [0.15, 0.2) is 4.34 Å². The number of hydrogen-bond donors (Lipinski definition) is 2. The topological polar surface area (TPSA) is 71.1 Å². The lowest BCUT2D eigenvalue weighted by atomic mass is 10.1. The second kappa shape index (κ2) is 8.30. The predicted molar refractivity (Wildman–Crippen MR) is 99.4 cm³/mol. The second-order valence-electron chi connectivity index (χ2n) is 5.74. The molecule has 0 bridgehead atoms. The van der Waals surface area contributed by atoms with Crippen LogP contribution in [0, 0.1) is 6.92 Å². The third-order valence-electron chi connectivity index (χ3n) is 3.13. The van der Waals surface area contributed by atoms with Crippen LogP contribution in [0.25, 0.3) is 11.3 Å². The van der Waals surface area contributed by atoms with Gasteiger partial charge in [-0.25, -0.2) is 9.78 Å². The van der Waals surface area contributed by atoms with E-state index in [2.05, 4.69) is 15.6 Å². The minimum atomic E-state index is -0.470. The molecule has 1 aromatic heterocycles. The Morgan fingerprint density at radius 3 is 2.46 bits per heavy atom. The first-order valence-electron chi connectivity index (χ1n) is 7.65. The molecule has 0 spiro atoms. The molecule has 0 aliphatic rings. The molecule has 1 aromatic carbocycles. The van der Waals surface area contributed by atoms with E-state index in [1.807, 2.05) is 50.4 Å². The number of carbonyl (C=O) groups is 2. The summed E-state index contributed by atoms with van der Waals surface area (Å²) in [6.07, 6.45) is 0. The Bertz CT molecular complexity index is 711. The van der Waals surface area contributed by atoms with Gasteiger partial charge in [-0.05, 0) is 27.7 Å². The Balaban J connectivity index is 1.95. The lowest BCUT2D eigenvalue weighted by Crippen LogP contribution is -2.45. The fourth-order valence-corrected chi connectivity index (χ4v) is 3.86. The van der Waals surface area contributed by atoms with Crippen molar-refractivity contribution >= 4 is 35.0 Å². The average molecular weight is 364 g/mol. The molecule has 24 heavy (non-hydrogen) atoms. The molecule has 2 aromatic rings. The molecule has 0 aliphatic carbocycles. The van der Waals surface area contributed by atoms with Gasteiger partial charge >= 0.3 is 6.03 Å². The summed E-state index contributed by atoms with van der Waals surface area (Å²) in [7, 11) is 0. The number of imide groups is 1. The number of nitrogens with zero attached hydrogens (tertiary/aromatic N) is 1. The third kappa shape index (κ3) is 5.35. The molecule has 1 atom stereocenters. The number of nitrogens with one attached hydrogen (secondary N) is 2. The van der Waals surface area contributed by atoms with E-state index in [0.717, 1.165) is 15.6 Å². The van der Waals surface area contributed by atoms with Gasteiger partial charge in [-0.1, -0.05) is 41.6 Å². The van der Waals surface area contributed by atoms with Crippen LogP contribution in [-0.4, -0.2) is 28.2 Å². The van der Waals surface area contributed by atoms with E-state index in [1.54, 1.807) is 6.92 Å². The molecule has 2 rings (SSSR count). The van der Waals surface area contributed by atoms with Gasteiger partial charge in [0.1, 0.15) is 0 Å². The molecular formula is C17H21N3O2S2. The summed E-state index contributed by atoms with van der Waals surface area (Å²) >= 11 is 2.84. The summed E-state index contributed by atoms with van der Waals surface area (Å²) in [6.45, 7) is 7.48. The first kappa shape index (κ1) is 18.5. The summed E-state index contributed by atoms with van der Waals surface area (Å²) in [4.78, 5) is 28.2. The molecule has 0 unspecified atom stereocenters. The Morgan fingerprint density at radius 2 is 1.83 bits per heavy atom. The van der Waals surface area contributed by atoms with Gasteiger partial charge in [-0.3, -0.25) is 10.1 Å². The van der Waals surface area contributed by atoms with E-state index in [4.69, 9.17) is 0 Å². The molecule has 2 N–H and O–H groups in total. The van der Waals surface area contributed by atoms with E-state index in [-0.39, 0.29) is 11.9 Å². The van der Waals surface area contributed by atoms with Crippen molar-refractivity contribution in [3.8, 4) is 11.3 Å². The molecule has 0 saturated carbocycles. The molecule has 3 amide bonds. The van der Waals surface area contributed by atoms with Crippen LogP contribution in [0.5, 0.6) is 0 Å². The molecule has 0 fully saturated rings. The standard InChI is InChI=1S/C17H21N3O2S2/c1-10(2)18-16(22)20-15(21)12(4)24-17-19-14(9-23-17)13-7-5-11(3)6-8-13/h5-10,12H,1-4H3,(H2,18,20,21,22)/t12-/m1/s1. The van der Waals surface area contributed by atoms with Crippen molar-refractivity contribution in [2.45, 2.75) is 43.3 Å². The predicted octanol–water partition coefficient (Wildman–Crippen LogP) is 3.83. The van der Waals surface area contributed by atoms with Gasteiger partial charge in [0.2, 0.25) is 5.91 Å². The Labute approximate surface area is 150 Å². The van der Waals surface area contributed by atoms with E-state index >= 15 is 0 Å². The number of benzene rings is 1. The third-order valence-corrected chi connectivity index (χ3v) is 5.21. The first-order chi connectivity index (χ1) is 11.3. The molecule has 0 saturated heterocycles. The minimum Gasteiger partial charge on any atom is -0.336 e. The second-order valence-corrected chi connectivity index (χ2v) is 8.19. The Kier molecular flexibility index (Phi) is 6.39. The summed E-state index contributed by atoms with van der Waals surface area (Å²) in [5, 5.41) is 6.54. The molecule has 0 radical (unpaired) electrons. The SMILES string of the molecule is Cc1ccc(-c2csc(S[C@H](C)C(=O)NC(=O)NC(C)C)n2)cc1. The maximum absolute atomic E-state index is 12.0. The van der Waals surface area contributed by atoms with Crippen LogP contribution in [-0.2, 0) is 4.79 Å². The van der Waals surface area contributed by atoms with Crippen molar-refractivity contribution in [3.05, 3.63) is 35.2 Å². The molecule has 7 heteroatoms. The first-order valence-corrected chi connectivity index (χ1v) is 9.41. The number of aryl methyl sites for hydroxylation is 1. The Morgan fingerprint density at radius 1 is 1.17 bits per heavy atom. The van der Waals surface area contributed by atoms with Gasteiger partial charge in [0.05, 0.1) is 10.9 Å². The van der Waals surface area contributed by atoms with Crippen molar-refractivity contribution < 1.29 is 9.59 Å². The lowest BCUT2D eigenvalue weighted by molar-refractivity contribution is -0.119. The highest BCUT2D eigenvalue weighted by Crippen LogP contribution is 2.30. The Hall–Kier alpha value is -1.86. The van der Waals surface area contributed by atoms with Gasteiger partial charge in [0, 0.05) is 17.0 Å². The van der Waals surface area contributed by atoms with Crippen LogP contribution in [0.4, 0.5) is 4.79 Å². The number of urea groups is 1. The van der Waals surface area contributed by atoms with Crippen LogP contribution < -0.4 is 10.6 Å². The molecule has 0 aliphatic heterocycles. The fraction of sp³-hybridized carbons (Fsp3) is 0.353. The van der Waals surface area contributed by atoms with Crippen LogP contribution >= 0.6 is 23.1 Å².